The number of anilines is 8. The van der Waals surface area contributed by atoms with Crippen molar-refractivity contribution in [1.82, 2.24) is 0 Å². The SMILES string of the molecule is COc1c(/C=C/c2ccc(Nc3ccccc3)cc2)c(Nc2ccccc2)c(OC)c(/C=C/c2ccc(Nc3ccccc3)cc2)c1Nc1ccccc1. The Hall–Kier alpha value is -7.18. The predicted octanol–water partition coefficient (Wildman–Crippen LogP) is 13.0. The average molecular weight is 707 g/mol. The molecule has 7 aromatic rings. The third kappa shape index (κ3) is 8.81. The van der Waals surface area contributed by atoms with E-state index in [1.54, 1.807) is 14.2 Å². The van der Waals surface area contributed by atoms with Gasteiger partial charge in [-0.3, -0.25) is 0 Å². The molecule has 0 aliphatic heterocycles. The first kappa shape index (κ1) is 35.2. The maximum atomic E-state index is 6.30. The molecular formula is C48H42N4O2. The van der Waals surface area contributed by atoms with Crippen LogP contribution in [-0.2, 0) is 0 Å². The molecule has 266 valence electrons. The van der Waals surface area contributed by atoms with Crippen LogP contribution in [0.3, 0.4) is 0 Å². The summed E-state index contributed by atoms with van der Waals surface area (Å²) in [5.74, 6) is 1.33. The second-order valence-corrected chi connectivity index (χ2v) is 12.5. The molecule has 0 heterocycles. The Labute approximate surface area is 317 Å². The highest BCUT2D eigenvalue weighted by molar-refractivity contribution is 5.98. The fourth-order valence-electron chi connectivity index (χ4n) is 6.15. The van der Waals surface area contributed by atoms with Crippen LogP contribution in [0.4, 0.5) is 45.5 Å². The molecule has 0 saturated carbocycles. The largest absolute Gasteiger partial charge is 0.494 e. The van der Waals surface area contributed by atoms with Crippen LogP contribution in [-0.4, -0.2) is 14.2 Å². The summed E-state index contributed by atoms with van der Waals surface area (Å²) in [4.78, 5) is 0. The predicted molar refractivity (Wildman–Crippen MR) is 229 cm³/mol. The van der Waals surface area contributed by atoms with Crippen molar-refractivity contribution in [2.45, 2.75) is 0 Å². The smallest absolute Gasteiger partial charge is 0.152 e. The van der Waals surface area contributed by atoms with E-state index in [9.17, 15) is 0 Å². The number of hydrogen-bond acceptors (Lipinski definition) is 6. The zero-order valence-corrected chi connectivity index (χ0v) is 30.3. The molecule has 0 spiro atoms. The van der Waals surface area contributed by atoms with Crippen molar-refractivity contribution in [1.29, 1.82) is 0 Å². The number of rotatable bonds is 14. The Morgan fingerprint density at radius 1 is 0.315 bits per heavy atom. The van der Waals surface area contributed by atoms with Crippen LogP contribution >= 0.6 is 0 Å². The molecule has 0 radical (unpaired) electrons. The van der Waals surface area contributed by atoms with Gasteiger partial charge in [-0.1, -0.05) is 109 Å². The normalized spacial score (nSPS) is 11.0. The maximum Gasteiger partial charge on any atom is 0.152 e. The number of ether oxygens (including phenoxy) is 2. The Morgan fingerprint density at radius 3 is 0.889 bits per heavy atom. The average Bonchev–Trinajstić information content (AvgIpc) is 3.22. The van der Waals surface area contributed by atoms with Gasteiger partial charge in [-0.05, 0) is 96.1 Å². The van der Waals surface area contributed by atoms with Crippen molar-refractivity contribution in [3.63, 3.8) is 0 Å². The van der Waals surface area contributed by atoms with Crippen molar-refractivity contribution < 1.29 is 9.47 Å². The first-order valence-corrected chi connectivity index (χ1v) is 17.8. The van der Waals surface area contributed by atoms with Crippen LogP contribution in [0.1, 0.15) is 22.3 Å². The lowest BCUT2D eigenvalue weighted by molar-refractivity contribution is 0.405. The van der Waals surface area contributed by atoms with Crippen LogP contribution in [0.2, 0.25) is 0 Å². The second-order valence-electron chi connectivity index (χ2n) is 12.5. The van der Waals surface area contributed by atoms with E-state index in [1.807, 2.05) is 97.1 Å². The fraction of sp³-hybridized carbons (Fsp3) is 0.0417. The zero-order chi connectivity index (χ0) is 37.0. The Morgan fingerprint density at radius 2 is 0.593 bits per heavy atom. The van der Waals surface area contributed by atoms with Crippen LogP contribution < -0.4 is 30.7 Å². The minimum atomic E-state index is 0.666. The van der Waals surface area contributed by atoms with Crippen molar-refractivity contribution in [2.75, 3.05) is 35.5 Å². The van der Waals surface area contributed by atoms with Gasteiger partial charge in [0.25, 0.3) is 0 Å². The quantitative estimate of drug-likeness (QED) is 0.0845. The summed E-state index contributed by atoms with van der Waals surface area (Å²) in [5, 5.41) is 14.2. The Bertz CT molecular complexity index is 2140. The standard InChI is InChI=1S/C48H42N4O2/c1-53-47-43(33-27-35-23-29-41(30-24-35)49-37-15-7-3-8-16-37)46(52-40-21-13-6-14-22-40)48(54-2)44(45(47)51-39-19-11-5-12-20-39)34-28-36-25-31-42(32-26-36)50-38-17-9-4-10-18-38/h3-34,49-52H,1-2H3/b33-27+,34-28+. The molecule has 0 unspecified atom stereocenters. The van der Waals surface area contributed by atoms with E-state index < -0.39 is 0 Å². The summed E-state index contributed by atoms with van der Waals surface area (Å²) in [6.07, 6.45) is 8.34. The van der Waals surface area contributed by atoms with E-state index in [1.165, 1.54) is 0 Å². The molecule has 0 aliphatic carbocycles. The van der Waals surface area contributed by atoms with Gasteiger partial charge in [0.15, 0.2) is 11.5 Å². The summed E-state index contributed by atoms with van der Waals surface area (Å²) < 4.78 is 12.6. The molecule has 0 saturated heterocycles. The van der Waals surface area contributed by atoms with Gasteiger partial charge in [-0.15, -0.1) is 0 Å². The molecule has 4 N–H and O–H groups in total. The fourth-order valence-corrected chi connectivity index (χ4v) is 6.15. The lowest BCUT2D eigenvalue weighted by Gasteiger charge is -2.24. The number of benzene rings is 7. The molecule has 54 heavy (non-hydrogen) atoms. The van der Waals surface area contributed by atoms with Gasteiger partial charge >= 0.3 is 0 Å². The first-order valence-electron chi connectivity index (χ1n) is 17.8. The molecule has 6 nitrogen and oxygen atoms in total. The number of nitrogens with one attached hydrogen (secondary N) is 4. The molecule has 0 atom stereocenters. The molecule has 0 bridgehead atoms. The number of para-hydroxylation sites is 4. The summed E-state index contributed by atoms with van der Waals surface area (Å²) >= 11 is 0. The minimum absolute atomic E-state index is 0.666. The first-order chi connectivity index (χ1) is 26.7. The number of hydrogen-bond donors (Lipinski definition) is 4. The zero-order valence-electron chi connectivity index (χ0n) is 30.3. The third-order valence-corrected chi connectivity index (χ3v) is 8.81. The lowest BCUT2D eigenvalue weighted by atomic mass is 9.99. The second kappa shape index (κ2) is 17.4. The van der Waals surface area contributed by atoms with Gasteiger partial charge in [0, 0.05) is 45.3 Å². The third-order valence-electron chi connectivity index (χ3n) is 8.81. The molecule has 0 aliphatic rings. The van der Waals surface area contributed by atoms with Crippen molar-refractivity contribution in [3.05, 3.63) is 192 Å². The van der Waals surface area contributed by atoms with E-state index in [4.69, 9.17) is 9.47 Å². The monoisotopic (exact) mass is 706 g/mol. The van der Waals surface area contributed by atoms with Crippen LogP contribution in [0.25, 0.3) is 24.3 Å². The molecular weight excluding hydrogens is 665 g/mol. The van der Waals surface area contributed by atoms with Gasteiger partial charge in [0.05, 0.1) is 25.6 Å². The topological polar surface area (TPSA) is 66.6 Å². The highest BCUT2D eigenvalue weighted by Crippen LogP contribution is 2.49. The van der Waals surface area contributed by atoms with E-state index >= 15 is 0 Å². The van der Waals surface area contributed by atoms with Gasteiger partial charge in [-0.25, -0.2) is 0 Å². The molecule has 7 rings (SSSR count). The van der Waals surface area contributed by atoms with Gasteiger partial charge in [0.1, 0.15) is 0 Å². The van der Waals surface area contributed by atoms with Crippen molar-refractivity contribution >= 4 is 69.8 Å². The minimum Gasteiger partial charge on any atom is -0.494 e. The highest BCUT2D eigenvalue weighted by Gasteiger charge is 2.24. The van der Waals surface area contributed by atoms with Gasteiger partial charge < -0.3 is 30.7 Å². The summed E-state index contributed by atoms with van der Waals surface area (Å²) in [5.41, 5.74) is 11.2. The highest BCUT2D eigenvalue weighted by atomic mass is 16.5. The Kier molecular flexibility index (Phi) is 11.3. The Balaban J connectivity index is 1.31. The van der Waals surface area contributed by atoms with E-state index in [-0.39, 0.29) is 0 Å². The summed E-state index contributed by atoms with van der Waals surface area (Å²) in [6, 6.07) is 57.2. The van der Waals surface area contributed by atoms with Gasteiger partial charge in [-0.2, -0.15) is 0 Å². The molecule has 0 amide bonds. The van der Waals surface area contributed by atoms with Crippen molar-refractivity contribution in [2.24, 2.45) is 0 Å². The van der Waals surface area contributed by atoms with E-state index in [0.717, 1.165) is 67.8 Å². The van der Waals surface area contributed by atoms with Crippen molar-refractivity contribution in [3.8, 4) is 11.5 Å². The van der Waals surface area contributed by atoms with E-state index in [2.05, 4.69) is 118 Å². The number of methoxy groups -OCH3 is 2. The lowest BCUT2D eigenvalue weighted by Crippen LogP contribution is -2.06. The van der Waals surface area contributed by atoms with Crippen LogP contribution in [0, 0.1) is 0 Å². The molecule has 0 fully saturated rings. The molecule has 0 aromatic heterocycles. The summed E-state index contributed by atoms with van der Waals surface area (Å²) in [6.45, 7) is 0. The summed E-state index contributed by atoms with van der Waals surface area (Å²) in [7, 11) is 3.41. The van der Waals surface area contributed by atoms with E-state index in [0.29, 0.717) is 11.5 Å². The molecule has 6 heteroatoms. The maximum absolute atomic E-state index is 6.30. The molecule has 7 aromatic carbocycles. The van der Waals surface area contributed by atoms with Crippen LogP contribution in [0.15, 0.2) is 170 Å². The van der Waals surface area contributed by atoms with Crippen LogP contribution in [0.5, 0.6) is 11.5 Å². The van der Waals surface area contributed by atoms with Gasteiger partial charge in [0.2, 0.25) is 0 Å².